The van der Waals surface area contributed by atoms with Gasteiger partial charge in [0.05, 0.1) is 12.6 Å². The molecule has 0 aliphatic heterocycles. The fourth-order valence-corrected chi connectivity index (χ4v) is 2.34. The highest BCUT2D eigenvalue weighted by atomic mass is 32.1. The van der Waals surface area contributed by atoms with Gasteiger partial charge in [0.15, 0.2) is 0 Å². The molecule has 0 spiro atoms. The van der Waals surface area contributed by atoms with Crippen molar-refractivity contribution in [3.8, 4) is 0 Å². The van der Waals surface area contributed by atoms with Gasteiger partial charge in [0.2, 0.25) is 0 Å². The molecule has 1 aromatic carbocycles. The maximum atomic E-state index is 12.9. The summed E-state index contributed by atoms with van der Waals surface area (Å²) >= 11 is 1.49. The van der Waals surface area contributed by atoms with Crippen LogP contribution in [0.3, 0.4) is 0 Å². The monoisotopic (exact) mass is 211 g/mol. The largest absolute Gasteiger partial charge is 0.394 e. The molecule has 0 aliphatic carbocycles. The molecule has 0 aliphatic rings. The molecule has 1 heterocycles. The van der Waals surface area contributed by atoms with E-state index in [4.69, 9.17) is 10.8 Å². The molecule has 2 nitrogen and oxygen atoms in total. The van der Waals surface area contributed by atoms with Crippen LogP contribution in [-0.2, 0) is 0 Å². The molecule has 0 saturated heterocycles. The Labute approximate surface area is 84.8 Å². The second-order valence-electron chi connectivity index (χ2n) is 3.12. The van der Waals surface area contributed by atoms with Crippen LogP contribution in [0.2, 0.25) is 0 Å². The first-order valence-electron chi connectivity index (χ1n) is 4.26. The van der Waals surface area contributed by atoms with E-state index in [1.54, 1.807) is 6.07 Å². The molecular formula is C10H10FNOS. The number of aliphatic hydroxyl groups excluding tert-OH is 1. The zero-order valence-electron chi connectivity index (χ0n) is 7.40. The van der Waals surface area contributed by atoms with Crippen molar-refractivity contribution in [2.24, 2.45) is 5.73 Å². The van der Waals surface area contributed by atoms with Crippen molar-refractivity contribution in [1.82, 2.24) is 0 Å². The predicted molar refractivity (Wildman–Crippen MR) is 55.8 cm³/mol. The summed E-state index contributed by atoms with van der Waals surface area (Å²) in [6.45, 7) is -0.0880. The van der Waals surface area contributed by atoms with E-state index >= 15 is 0 Å². The maximum absolute atomic E-state index is 12.9. The third-order valence-corrected chi connectivity index (χ3v) is 3.31. The summed E-state index contributed by atoms with van der Waals surface area (Å²) < 4.78 is 13.8. The molecule has 0 bridgehead atoms. The molecule has 1 unspecified atom stereocenters. The van der Waals surface area contributed by atoms with E-state index in [9.17, 15) is 4.39 Å². The lowest BCUT2D eigenvalue weighted by molar-refractivity contribution is 0.269. The summed E-state index contributed by atoms with van der Waals surface area (Å²) in [5.74, 6) is -0.251. The van der Waals surface area contributed by atoms with Gasteiger partial charge in [-0.05, 0) is 29.7 Å². The number of rotatable bonds is 2. The van der Waals surface area contributed by atoms with Gasteiger partial charge in [0, 0.05) is 9.58 Å². The van der Waals surface area contributed by atoms with Crippen molar-refractivity contribution in [2.45, 2.75) is 6.04 Å². The number of halogens is 1. The van der Waals surface area contributed by atoms with Gasteiger partial charge in [0.25, 0.3) is 0 Å². The fraction of sp³-hybridized carbons (Fsp3) is 0.200. The SMILES string of the molecule is NC(CO)c1cc2cc(F)ccc2s1. The molecule has 4 heteroatoms. The smallest absolute Gasteiger partial charge is 0.123 e. The van der Waals surface area contributed by atoms with E-state index in [0.717, 1.165) is 15.0 Å². The lowest BCUT2D eigenvalue weighted by atomic mass is 10.2. The lowest BCUT2D eigenvalue weighted by Crippen LogP contribution is -2.12. The van der Waals surface area contributed by atoms with Crippen LogP contribution in [0.25, 0.3) is 10.1 Å². The van der Waals surface area contributed by atoms with E-state index < -0.39 is 0 Å². The third kappa shape index (κ3) is 1.64. The van der Waals surface area contributed by atoms with Crippen molar-refractivity contribution in [1.29, 1.82) is 0 Å². The molecule has 1 atom stereocenters. The van der Waals surface area contributed by atoms with E-state index in [1.807, 2.05) is 6.07 Å². The van der Waals surface area contributed by atoms with Gasteiger partial charge in [0.1, 0.15) is 5.82 Å². The van der Waals surface area contributed by atoms with Crippen LogP contribution < -0.4 is 5.73 Å². The van der Waals surface area contributed by atoms with Crippen LogP contribution in [0.5, 0.6) is 0 Å². The molecule has 74 valence electrons. The highest BCUT2D eigenvalue weighted by Gasteiger charge is 2.08. The minimum atomic E-state index is -0.365. The number of nitrogens with two attached hydrogens (primary N) is 1. The summed E-state index contributed by atoms with van der Waals surface area (Å²) in [6.07, 6.45) is 0. The van der Waals surface area contributed by atoms with Gasteiger partial charge < -0.3 is 10.8 Å². The number of hydrogen-bond donors (Lipinski definition) is 2. The van der Waals surface area contributed by atoms with E-state index in [0.29, 0.717) is 0 Å². The Balaban J connectivity index is 2.51. The van der Waals surface area contributed by atoms with Crippen LogP contribution in [0.4, 0.5) is 4.39 Å². The first-order chi connectivity index (χ1) is 6.70. The quantitative estimate of drug-likeness (QED) is 0.798. The standard InChI is InChI=1S/C10H10FNOS/c11-7-1-2-9-6(3-7)4-10(14-9)8(12)5-13/h1-4,8,13H,5,12H2. The Morgan fingerprint density at radius 3 is 2.93 bits per heavy atom. The average Bonchev–Trinajstić information content (AvgIpc) is 2.59. The van der Waals surface area contributed by atoms with Crippen LogP contribution in [0, 0.1) is 5.82 Å². The van der Waals surface area contributed by atoms with Gasteiger partial charge in [-0.1, -0.05) is 0 Å². The van der Waals surface area contributed by atoms with E-state index in [2.05, 4.69) is 0 Å². The first kappa shape index (κ1) is 9.58. The highest BCUT2D eigenvalue weighted by Crippen LogP contribution is 2.29. The Hall–Kier alpha value is -0.970. The van der Waals surface area contributed by atoms with Crippen LogP contribution in [-0.4, -0.2) is 11.7 Å². The summed E-state index contributed by atoms with van der Waals surface area (Å²) in [5.41, 5.74) is 5.66. The van der Waals surface area contributed by atoms with Crippen molar-refractivity contribution >= 4 is 21.4 Å². The zero-order chi connectivity index (χ0) is 10.1. The van der Waals surface area contributed by atoms with Gasteiger partial charge in [-0.3, -0.25) is 0 Å². The number of benzene rings is 1. The fourth-order valence-electron chi connectivity index (χ4n) is 1.31. The topological polar surface area (TPSA) is 46.2 Å². The average molecular weight is 211 g/mol. The van der Waals surface area contributed by atoms with Gasteiger partial charge in [-0.25, -0.2) is 4.39 Å². The Kier molecular flexibility index (Phi) is 2.50. The summed E-state index contributed by atoms with van der Waals surface area (Å²) in [4.78, 5) is 0.883. The molecule has 2 rings (SSSR count). The van der Waals surface area contributed by atoms with Crippen molar-refractivity contribution in [2.75, 3.05) is 6.61 Å². The number of fused-ring (bicyclic) bond motifs is 1. The normalized spacial score (nSPS) is 13.4. The predicted octanol–water partition coefficient (Wildman–Crippen LogP) is 2.03. The minimum absolute atomic E-state index is 0.0880. The summed E-state index contributed by atoms with van der Waals surface area (Å²) in [6, 6.07) is 6.08. The highest BCUT2D eigenvalue weighted by molar-refractivity contribution is 7.19. The van der Waals surface area contributed by atoms with Crippen molar-refractivity contribution in [3.63, 3.8) is 0 Å². The second-order valence-corrected chi connectivity index (χ2v) is 4.24. The Morgan fingerprint density at radius 2 is 2.21 bits per heavy atom. The maximum Gasteiger partial charge on any atom is 0.123 e. The van der Waals surface area contributed by atoms with Crippen molar-refractivity contribution < 1.29 is 9.50 Å². The minimum Gasteiger partial charge on any atom is -0.394 e. The third-order valence-electron chi connectivity index (χ3n) is 2.06. The molecule has 3 N–H and O–H groups in total. The number of aliphatic hydroxyl groups is 1. The van der Waals surface area contributed by atoms with Gasteiger partial charge >= 0.3 is 0 Å². The van der Waals surface area contributed by atoms with E-state index in [-0.39, 0.29) is 18.5 Å². The van der Waals surface area contributed by atoms with E-state index in [1.165, 1.54) is 23.5 Å². The second kappa shape index (κ2) is 3.65. The summed E-state index contributed by atoms with van der Waals surface area (Å²) in [5, 5.41) is 9.72. The first-order valence-corrected chi connectivity index (χ1v) is 5.08. The molecule has 14 heavy (non-hydrogen) atoms. The van der Waals surface area contributed by atoms with Crippen LogP contribution in [0.15, 0.2) is 24.3 Å². The molecule has 0 amide bonds. The zero-order valence-corrected chi connectivity index (χ0v) is 8.22. The van der Waals surface area contributed by atoms with Crippen molar-refractivity contribution in [3.05, 3.63) is 35.0 Å². The van der Waals surface area contributed by atoms with Gasteiger partial charge in [-0.2, -0.15) is 0 Å². The van der Waals surface area contributed by atoms with Crippen LogP contribution in [0.1, 0.15) is 10.9 Å². The molecule has 0 fully saturated rings. The number of hydrogen-bond acceptors (Lipinski definition) is 3. The Bertz CT molecular complexity index is 454. The molecule has 0 saturated carbocycles. The van der Waals surface area contributed by atoms with Gasteiger partial charge in [-0.15, -0.1) is 11.3 Å². The molecule has 0 radical (unpaired) electrons. The lowest BCUT2D eigenvalue weighted by Gasteiger charge is -2.02. The molecule has 2 aromatic rings. The Morgan fingerprint density at radius 1 is 1.43 bits per heavy atom. The molecule has 1 aromatic heterocycles. The summed E-state index contributed by atoms with van der Waals surface area (Å²) in [7, 11) is 0. The molecular weight excluding hydrogens is 201 g/mol. The van der Waals surface area contributed by atoms with Crippen LogP contribution >= 0.6 is 11.3 Å². The number of thiophene rings is 1.